The van der Waals surface area contributed by atoms with Gasteiger partial charge in [0.1, 0.15) is 5.88 Å². The van der Waals surface area contributed by atoms with E-state index in [4.69, 9.17) is 22.7 Å². The maximum atomic E-state index is 10.8. The summed E-state index contributed by atoms with van der Waals surface area (Å²) in [5, 5.41) is 7.05. The van der Waals surface area contributed by atoms with E-state index in [-0.39, 0.29) is 23.4 Å². The molecule has 0 unspecified atom stereocenters. The lowest BCUT2D eigenvalue weighted by Crippen LogP contribution is -2.17. The number of carbonyl (C=O) groups is 1. The normalized spacial score (nSPS) is 9.50. The molecule has 0 saturated carbocycles. The minimum atomic E-state index is -0.625. The van der Waals surface area contributed by atoms with E-state index in [1.165, 1.54) is 12.3 Å². The highest BCUT2D eigenvalue weighted by Gasteiger charge is 2.06. The Labute approximate surface area is 84.6 Å². The molecule has 1 aromatic rings. The molecule has 3 N–H and O–H groups in total. The summed E-state index contributed by atoms with van der Waals surface area (Å²) >= 11 is 5.22. The Bertz CT molecular complexity index is 368. The van der Waals surface area contributed by atoms with Crippen molar-refractivity contribution in [2.45, 2.75) is 0 Å². The van der Waals surface area contributed by atoms with Gasteiger partial charge in [0.25, 0.3) is 0 Å². The number of halogens is 1. The summed E-state index contributed by atoms with van der Waals surface area (Å²) < 4.78 is 4.68. The summed E-state index contributed by atoms with van der Waals surface area (Å²) in [6, 6.07) is 1.37. The molecule has 7 heteroatoms. The van der Waals surface area contributed by atoms with E-state index in [0.717, 1.165) is 0 Å². The zero-order valence-electron chi connectivity index (χ0n) is 7.03. The first-order valence-corrected chi connectivity index (χ1v) is 4.11. The largest absolute Gasteiger partial charge is 0.406 e. The molecule has 0 atom stereocenters. The fraction of sp³-hybridized carbons (Fsp3) is 0.143. The van der Waals surface area contributed by atoms with Crippen LogP contribution in [-0.4, -0.2) is 27.7 Å². The van der Waals surface area contributed by atoms with E-state index in [9.17, 15) is 4.79 Å². The number of aromatic nitrogens is 2. The van der Waals surface area contributed by atoms with E-state index in [0.29, 0.717) is 0 Å². The number of hydrogen-bond acceptors (Lipinski definition) is 5. The Kier molecular flexibility index (Phi) is 3.35. The minimum absolute atomic E-state index is 0.00451. The van der Waals surface area contributed by atoms with Gasteiger partial charge in [-0.05, 0) is 0 Å². The van der Waals surface area contributed by atoms with Crippen molar-refractivity contribution >= 4 is 23.4 Å². The van der Waals surface area contributed by atoms with Crippen molar-refractivity contribution in [2.24, 2.45) is 5.73 Å². The van der Waals surface area contributed by atoms with Crippen LogP contribution in [0.3, 0.4) is 0 Å². The van der Waals surface area contributed by atoms with E-state index < -0.39 is 5.97 Å². The molecular weight excluding hydrogens is 208 g/mol. The molecule has 0 saturated heterocycles. The van der Waals surface area contributed by atoms with Crippen LogP contribution in [0.4, 0.5) is 0 Å². The minimum Gasteiger partial charge on any atom is -0.406 e. The van der Waals surface area contributed by atoms with Gasteiger partial charge < -0.3 is 10.5 Å². The molecular formula is C7H7ClN4O2. The predicted octanol–water partition coefficient (Wildman–Crippen LogP) is -0.0951. The Hall–Kier alpha value is -1.69. The van der Waals surface area contributed by atoms with Crippen molar-refractivity contribution in [3.05, 3.63) is 18.1 Å². The molecule has 6 nitrogen and oxygen atoms in total. The van der Waals surface area contributed by atoms with Crippen molar-refractivity contribution in [3.63, 3.8) is 0 Å². The number of rotatable bonds is 3. The van der Waals surface area contributed by atoms with Gasteiger partial charge >= 0.3 is 5.97 Å². The van der Waals surface area contributed by atoms with Crippen LogP contribution in [0.25, 0.3) is 0 Å². The van der Waals surface area contributed by atoms with Crippen LogP contribution >= 0.6 is 11.6 Å². The topological polar surface area (TPSA) is 102 Å². The number of nitrogens with zero attached hydrogens (tertiary/aromatic N) is 2. The molecule has 74 valence electrons. The highest BCUT2D eigenvalue weighted by molar-refractivity contribution is 6.26. The second-order valence-electron chi connectivity index (χ2n) is 2.24. The first kappa shape index (κ1) is 10.4. The third-order valence-electron chi connectivity index (χ3n) is 1.20. The van der Waals surface area contributed by atoms with E-state index in [1.54, 1.807) is 0 Å². The molecule has 0 aliphatic carbocycles. The van der Waals surface area contributed by atoms with Gasteiger partial charge in [-0.15, -0.1) is 11.6 Å². The Balaban J connectivity index is 2.83. The Morgan fingerprint density at radius 2 is 2.43 bits per heavy atom. The van der Waals surface area contributed by atoms with Crippen molar-refractivity contribution in [3.8, 4) is 5.88 Å². The summed E-state index contributed by atoms with van der Waals surface area (Å²) in [6.45, 7) is 0. The highest BCUT2D eigenvalue weighted by Crippen LogP contribution is 2.05. The van der Waals surface area contributed by atoms with Crippen LogP contribution in [0.2, 0.25) is 0 Å². The predicted molar refractivity (Wildman–Crippen MR) is 49.4 cm³/mol. The van der Waals surface area contributed by atoms with E-state index >= 15 is 0 Å². The van der Waals surface area contributed by atoms with Gasteiger partial charge in [0.2, 0.25) is 5.88 Å². The van der Waals surface area contributed by atoms with Gasteiger partial charge in [-0.25, -0.2) is 4.98 Å². The zero-order chi connectivity index (χ0) is 10.6. The van der Waals surface area contributed by atoms with Crippen LogP contribution in [0.15, 0.2) is 12.3 Å². The summed E-state index contributed by atoms with van der Waals surface area (Å²) in [6.07, 6.45) is 1.33. The summed E-state index contributed by atoms with van der Waals surface area (Å²) in [5.41, 5.74) is 5.14. The molecule has 0 fully saturated rings. The monoisotopic (exact) mass is 214 g/mol. The van der Waals surface area contributed by atoms with Crippen molar-refractivity contribution in [1.82, 2.24) is 9.97 Å². The molecule has 0 aliphatic rings. The molecule has 0 amide bonds. The lowest BCUT2D eigenvalue weighted by atomic mass is 10.5. The fourth-order valence-electron chi connectivity index (χ4n) is 0.673. The smallest absolute Gasteiger partial charge is 0.327 e. The van der Waals surface area contributed by atoms with Crippen LogP contribution in [0.1, 0.15) is 5.82 Å². The molecule has 1 heterocycles. The van der Waals surface area contributed by atoms with Gasteiger partial charge in [-0.3, -0.25) is 10.2 Å². The second kappa shape index (κ2) is 4.52. The quantitative estimate of drug-likeness (QED) is 0.317. The third kappa shape index (κ3) is 2.67. The molecule has 0 aliphatic heterocycles. The summed E-state index contributed by atoms with van der Waals surface area (Å²) in [5.74, 6) is -1.16. The number of amidine groups is 1. The summed E-state index contributed by atoms with van der Waals surface area (Å²) in [7, 11) is 0. The second-order valence-corrected chi connectivity index (χ2v) is 2.51. The fourth-order valence-corrected chi connectivity index (χ4v) is 0.727. The summed E-state index contributed by atoms with van der Waals surface area (Å²) in [4.78, 5) is 18.1. The van der Waals surface area contributed by atoms with Gasteiger partial charge in [0.05, 0.1) is 0 Å². The number of hydrogen-bond donors (Lipinski definition) is 2. The number of nitrogen functional groups attached to an aromatic ring is 1. The number of alkyl halides is 1. The van der Waals surface area contributed by atoms with Gasteiger partial charge in [-0.1, -0.05) is 0 Å². The average Bonchev–Trinajstić information content (AvgIpc) is 2.18. The van der Waals surface area contributed by atoms with Crippen molar-refractivity contribution in [1.29, 1.82) is 5.41 Å². The molecule has 0 radical (unpaired) electrons. The van der Waals surface area contributed by atoms with E-state index in [2.05, 4.69) is 14.7 Å². The molecule has 1 rings (SSSR count). The number of nitrogens with two attached hydrogens (primary N) is 1. The highest BCUT2D eigenvalue weighted by atomic mass is 35.5. The Morgan fingerprint density at radius 3 is 3.00 bits per heavy atom. The SMILES string of the molecule is N=C(N)c1nccc(OC(=O)CCl)n1. The number of carbonyl (C=O) groups excluding carboxylic acids is 1. The van der Waals surface area contributed by atoms with Crippen LogP contribution in [0, 0.1) is 5.41 Å². The molecule has 0 aromatic carbocycles. The average molecular weight is 215 g/mol. The number of ether oxygens (including phenoxy) is 1. The lowest BCUT2D eigenvalue weighted by molar-refractivity contribution is -0.131. The molecule has 0 bridgehead atoms. The van der Waals surface area contributed by atoms with Crippen molar-refractivity contribution in [2.75, 3.05) is 5.88 Å². The van der Waals surface area contributed by atoms with Crippen molar-refractivity contribution < 1.29 is 9.53 Å². The molecule has 14 heavy (non-hydrogen) atoms. The Morgan fingerprint density at radius 1 is 1.71 bits per heavy atom. The van der Waals surface area contributed by atoms with E-state index in [1.807, 2.05) is 0 Å². The standard InChI is InChI=1S/C7H7ClN4O2/c8-3-5(13)14-4-1-2-11-7(12-4)6(9)10/h1-2H,3H2,(H3,9,10). The first-order valence-electron chi connectivity index (χ1n) is 3.57. The number of nitrogens with one attached hydrogen (secondary N) is 1. The lowest BCUT2D eigenvalue weighted by Gasteiger charge is -2.01. The van der Waals surface area contributed by atoms with Crippen LogP contribution in [-0.2, 0) is 4.79 Å². The van der Waals surface area contributed by atoms with Gasteiger partial charge in [0, 0.05) is 12.3 Å². The van der Waals surface area contributed by atoms with Crippen LogP contribution < -0.4 is 10.5 Å². The van der Waals surface area contributed by atoms with Gasteiger partial charge in [-0.2, -0.15) is 4.98 Å². The van der Waals surface area contributed by atoms with Crippen LogP contribution in [0.5, 0.6) is 5.88 Å². The zero-order valence-corrected chi connectivity index (χ0v) is 7.78. The maximum Gasteiger partial charge on any atom is 0.327 e. The first-order chi connectivity index (χ1) is 6.63. The maximum absolute atomic E-state index is 10.8. The molecule has 0 spiro atoms. The number of esters is 1. The molecule has 1 aromatic heterocycles. The van der Waals surface area contributed by atoms with Gasteiger partial charge in [0.15, 0.2) is 11.7 Å². The third-order valence-corrected chi connectivity index (χ3v) is 1.42.